The fourth-order valence-electron chi connectivity index (χ4n) is 3.80. The molecule has 3 rings (SSSR count). The van der Waals surface area contributed by atoms with Crippen LogP contribution in [0.15, 0.2) is 47.1 Å². The van der Waals surface area contributed by atoms with E-state index in [1.54, 1.807) is 49.7 Å². The number of piperidine rings is 1. The van der Waals surface area contributed by atoms with Gasteiger partial charge in [0.1, 0.15) is 5.76 Å². The van der Waals surface area contributed by atoms with E-state index in [9.17, 15) is 14.4 Å². The Morgan fingerprint density at radius 1 is 1.16 bits per heavy atom. The van der Waals surface area contributed by atoms with E-state index in [1.807, 2.05) is 6.92 Å². The Labute approximate surface area is 182 Å². The lowest BCUT2D eigenvalue weighted by atomic mass is 9.97. The van der Waals surface area contributed by atoms with Gasteiger partial charge in [0.2, 0.25) is 0 Å². The molecule has 166 valence electrons. The monoisotopic (exact) mass is 428 g/mol. The average molecular weight is 429 g/mol. The lowest BCUT2D eigenvalue weighted by Crippen LogP contribution is -3.14. The van der Waals surface area contributed by atoms with Crippen molar-refractivity contribution >= 4 is 23.5 Å². The van der Waals surface area contributed by atoms with Crippen LogP contribution in [0.5, 0.6) is 0 Å². The normalized spacial score (nSPS) is 18.3. The van der Waals surface area contributed by atoms with Crippen LogP contribution in [0.2, 0.25) is 0 Å². The molecule has 0 radical (unpaired) electrons. The molecule has 2 aromatic rings. The summed E-state index contributed by atoms with van der Waals surface area (Å²) in [6.07, 6.45) is 2.99. The second-order valence-electron chi connectivity index (χ2n) is 7.69. The maximum absolute atomic E-state index is 12.9. The molecule has 1 aromatic heterocycles. The number of anilines is 1. The third kappa shape index (κ3) is 5.95. The van der Waals surface area contributed by atoms with Crippen molar-refractivity contribution in [3.8, 4) is 0 Å². The van der Waals surface area contributed by atoms with Crippen molar-refractivity contribution in [2.45, 2.75) is 26.3 Å². The molecule has 1 fully saturated rings. The number of hydrogen-bond donors (Lipinski definition) is 2. The molecular weight excluding hydrogens is 398 g/mol. The predicted octanol–water partition coefficient (Wildman–Crippen LogP) is 1.03. The van der Waals surface area contributed by atoms with Gasteiger partial charge >= 0.3 is 5.97 Å². The number of carbonyl (C=O) groups excluding carboxylic acids is 3. The molecule has 8 heteroatoms. The molecule has 2 N–H and O–H groups in total. The highest BCUT2D eigenvalue weighted by Crippen LogP contribution is 2.19. The van der Waals surface area contributed by atoms with Gasteiger partial charge in [0.05, 0.1) is 49.7 Å². The van der Waals surface area contributed by atoms with Gasteiger partial charge in [-0.3, -0.25) is 14.4 Å². The second kappa shape index (κ2) is 10.8. The smallest absolute Gasteiger partial charge is 0.309 e. The van der Waals surface area contributed by atoms with Gasteiger partial charge in [-0.25, -0.2) is 0 Å². The molecule has 1 saturated heterocycles. The maximum Gasteiger partial charge on any atom is 0.309 e. The third-order valence-corrected chi connectivity index (χ3v) is 5.60. The molecule has 0 saturated carbocycles. The molecule has 0 aliphatic carbocycles. The van der Waals surface area contributed by atoms with E-state index < -0.39 is 0 Å². The van der Waals surface area contributed by atoms with Crippen LogP contribution in [0, 0.1) is 5.92 Å². The van der Waals surface area contributed by atoms with E-state index >= 15 is 0 Å². The number of amides is 2. The third-order valence-electron chi connectivity index (χ3n) is 5.60. The van der Waals surface area contributed by atoms with Crippen molar-refractivity contribution < 1.29 is 28.4 Å². The topological polar surface area (TPSA) is 93.3 Å². The Balaban J connectivity index is 1.57. The molecular formula is C23H30N3O5+. The Kier molecular flexibility index (Phi) is 7.83. The van der Waals surface area contributed by atoms with Gasteiger partial charge in [0, 0.05) is 19.9 Å². The van der Waals surface area contributed by atoms with Crippen LogP contribution in [0.4, 0.5) is 5.69 Å². The van der Waals surface area contributed by atoms with Crippen LogP contribution in [-0.4, -0.2) is 51.1 Å². The summed E-state index contributed by atoms with van der Waals surface area (Å²) in [5.74, 6) is 0.102. The van der Waals surface area contributed by atoms with Gasteiger partial charge < -0.3 is 24.3 Å². The number of furan rings is 1. The molecule has 0 unspecified atom stereocenters. The van der Waals surface area contributed by atoms with Crippen molar-refractivity contribution in [3.63, 3.8) is 0 Å². The number of ether oxygens (including phenoxy) is 1. The van der Waals surface area contributed by atoms with Gasteiger partial charge in [0.15, 0.2) is 6.54 Å². The van der Waals surface area contributed by atoms with Crippen LogP contribution in [0.1, 0.15) is 35.9 Å². The molecule has 2 amide bonds. The van der Waals surface area contributed by atoms with Crippen LogP contribution >= 0.6 is 0 Å². The Bertz CT molecular complexity index is 888. The van der Waals surface area contributed by atoms with Crippen LogP contribution in [-0.2, 0) is 20.9 Å². The van der Waals surface area contributed by atoms with Gasteiger partial charge in [-0.05, 0) is 31.2 Å². The largest absolute Gasteiger partial charge is 0.467 e. The zero-order valence-electron chi connectivity index (χ0n) is 18.1. The first kappa shape index (κ1) is 22.6. The molecule has 31 heavy (non-hydrogen) atoms. The summed E-state index contributed by atoms with van der Waals surface area (Å²) in [5.41, 5.74) is 0.992. The summed E-state index contributed by atoms with van der Waals surface area (Å²) < 4.78 is 10.4. The summed E-state index contributed by atoms with van der Waals surface area (Å²) >= 11 is 0. The lowest BCUT2D eigenvalue weighted by molar-refractivity contribution is -0.897. The maximum atomic E-state index is 12.9. The van der Waals surface area contributed by atoms with Crippen molar-refractivity contribution in [2.24, 2.45) is 5.92 Å². The van der Waals surface area contributed by atoms with Gasteiger partial charge in [-0.1, -0.05) is 12.1 Å². The highest BCUT2D eigenvalue weighted by molar-refractivity contribution is 6.04. The Hall–Kier alpha value is -3.13. The number of nitrogens with zero attached hydrogens (tertiary/aromatic N) is 1. The lowest BCUT2D eigenvalue weighted by Gasteiger charge is -2.29. The number of hydrogen-bond acceptors (Lipinski definition) is 5. The van der Waals surface area contributed by atoms with Gasteiger partial charge in [0.25, 0.3) is 11.8 Å². The summed E-state index contributed by atoms with van der Waals surface area (Å²) in [4.78, 5) is 40.2. The fraction of sp³-hybridized carbons (Fsp3) is 0.435. The molecule has 1 aliphatic heterocycles. The van der Waals surface area contributed by atoms with E-state index in [1.165, 1.54) is 4.90 Å². The predicted molar refractivity (Wildman–Crippen MR) is 115 cm³/mol. The fourth-order valence-corrected chi connectivity index (χ4v) is 3.80. The average Bonchev–Trinajstić information content (AvgIpc) is 3.31. The summed E-state index contributed by atoms with van der Waals surface area (Å²) in [6.45, 7) is 4.28. The van der Waals surface area contributed by atoms with E-state index in [2.05, 4.69) is 5.32 Å². The minimum atomic E-state index is -0.269. The van der Waals surface area contributed by atoms with E-state index in [0.717, 1.165) is 30.8 Å². The van der Waals surface area contributed by atoms with E-state index in [4.69, 9.17) is 9.15 Å². The molecule has 0 atom stereocenters. The number of benzene rings is 1. The SMILES string of the molecule is CCOC(=O)C1CC[NH+](CC(=O)N(C)c2ccccc2C(=O)NCc2ccco2)CC1. The number of para-hydroxylation sites is 1. The van der Waals surface area contributed by atoms with Crippen LogP contribution < -0.4 is 15.1 Å². The van der Waals surface area contributed by atoms with Gasteiger partial charge in [-0.2, -0.15) is 0 Å². The summed E-state index contributed by atoms with van der Waals surface area (Å²) in [6, 6.07) is 10.6. The molecule has 8 nitrogen and oxygen atoms in total. The Morgan fingerprint density at radius 3 is 2.58 bits per heavy atom. The first-order chi connectivity index (χ1) is 15.0. The molecule has 0 spiro atoms. The minimum absolute atomic E-state index is 0.0733. The zero-order chi connectivity index (χ0) is 22.2. The number of likely N-dealkylation sites (N-methyl/N-ethyl adjacent to an activating group) is 1. The number of carbonyl (C=O) groups is 3. The summed E-state index contributed by atoms with van der Waals surface area (Å²) in [7, 11) is 1.69. The zero-order valence-corrected chi connectivity index (χ0v) is 18.1. The second-order valence-corrected chi connectivity index (χ2v) is 7.69. The van der Waals surface area contributed by atoms with Crippen molar-refractivity contribution in [1.82, 2.24) is 5.32 Å². The minimum Gasteiger partial charge on any atom is -0.467 e. The highest BCUT2D eigenvalue weighted by Gasteiger charge is 2.30. The van der Waals surface area contributed by atoms with Crippen molar-refractivity contribution in [1.29, 1.82) is 0 Å². The van der Waals surface area contributed by atoms with Gasteiger partial charge in [-0.15, -0.1) is 0 Å². The quantitative estimate of drug-likeness (QED) is 0.613. The number of quaternary nitrogens is 1. The molecule has 1 aromatic carbocycles. The molecule has 2 heterocycles. The standard InChI is InChI=1S/C23H29N3O5/c1-3-30-23(29)17-10-12-26(13-11-17)16-21(27)25(2)20-9-5-4-8-19(20)22(28)24-15-18-7-6-14-31-18/h4-9,14,17H,3,10-13,15-16H2,1-2H3,(H,24,28)/p+1. The summed E-state index contributed by atoms with van der Waals surface area (Å²) in [5, 5.41) is 2.82. The molecule has 0 bridgehead atoms. The van der Waals surface area contributed by atoms with Crippen molar-refractivity contribution in [3.05, 3.63) is 54.0 Å². The molecule has 1 aliphatic rings. The first-order valence-electron chi connectivity index (χ1n) is 10.7. The number of rotatable bonds is 8. The first-order valence-corrected chi connectivity index (χ1v) is 10.7. The van der Waals surface area contributed by atoms with E-state index in [0.29, 0.717) is 30.2 Å². The van der Waals surface area contributed by atoms with Crippen molar-refractivity contribution in [2.75, 3.05) is 38.2 Å². The number of esters is 1. The number of nitrogens with one attached hydrogen (secondary N) is 2. The highest BCUT2D eigenvalue weighted by atomic mass is 16.5. The number of likely N-dealkylation sites (tertiary alicyclic amines) is 1. The van der Waals surface area contributed by atoms with Crippen LogP contribution in [0.3, 0.4) is 0 Å². The Morgan fingerprint density at radius 2 is 1.90 bits per heavy atom. The van der Waals surface area contributed by atoms with E-state index in [-0.39, 0.29) is 30.2 Å². The van der Waals surface area contributed by atoms with Crippen LogP contribution in [0.25, 0.3) is 0 Å².